The average Bonchev–Trinajstić information content (AvgIpc) is 2.59. The van der Waals surface area contributed by atoms with Crippen LogP contribution in [0.4, 0.5) is 0 Å². The molecule has 2 aromatic rings. The number of nitrogens with zero attached hydrogens (tertiary/aromatic N) is 4. The molecule has 50 valence electrons. The van der Waals surface area contributed by atoms with Crippen molar-refractivity contribution in [1.82, 2.24) is 20.5 Å². The van der Waals surface area contributed by atoms with Gasteiger partial charge in [0.25, 0.3) is 5.89 Å². The molecule has 0 saturated heterocycles. The molecule has 0 unspecified atom stereocenters. The lowest BCUT2D eigenvalue weighted by Gasteiger charge is -1.75. The molecule has 6 nitrogen and oxygen atoms in total. The molecule has 0 N–H and O–H groups in total. The van der Waals surface area contributed by atoms with Gasteiger partial charge in [-0.3, -0.25) is 0 Å². The van der Waals surface area contributed by atoms with Gasteiger partial charge in [-0.25, -0.2) is 0 Å². The second-order valence-electron chi connectivity index (χ2n) is 1.54. The quantitative estimate of drug-likeness (QED) is 0.556. The fourth-order valence-electron chi connectivity index (χ4n) is 0.544. The predicted molar refractivity (Wildman–Crippen MR) is 27.6 cm³/mol. The lowest BCUT2D eigenvalue weighted by Crippen LogP contribution is -1.75. The third-order valence-corrected chi connectivity index (χ3v) is 0.940. The van der Waals surface area contributed by atoms with Crippen molar-refractivity contribution in [2.24, 2.45) is 0 Å². The molecule has 0 aliphatic rings. The van der Waals surface area contributed by atoms with Gasteiger partial charge in [0, 0.05) is 5.27 Å². The molecule has 10 heavy (non-hydrogen) atoms. The Labute approximate surface area is 54.8 Å². The van der Waals surface area contributed by atoms with E-state index in [1.807, 2.05) is 0 Å². The van der Waals surface area contributed by atoms with Crippen LogP contribution in [0.25, 0.3) is 11.6 Å². The van der Waals surface area contributed by atoms with Crippen LogP contribution in [0, 0.1) is 0 Å². The summed E-state index contributed by atoms with van der Waals surface area (Å²) in [4.78, 5) is 3.72. The second kappa shape index (κ2) is 1.90. The van der Waals surface area contributed by atoms with Gasteiger partial charge in [-0.2, -0.15) is 4.98 Å². The second-order valence-corrected chi connectivity index (χ2v) is 1.54. The third kappa shape index (κ3) is 0.661. The Morgan fingerprint density at radius 3 is 3.00 bits per heavy atom. The summed E-state index contributed by atoms with van der Waals surface area (Å²) in [5, 5.41) is 10.2. The third-order valence-electron chi connectivity index (χ3n) is 0.940. The zero-order chi connectivity index (χ0) is 6.81. The zero-order valence-electron chi connectivity index (χ0n) is 4.76. The molecule has 2 heterocycles. The van der Waals surface area contributed by atoms with Crippen molar-refractivity contribution < 1.29 is 9.05 Å². The topological polar surface area (TPSA) is 77.8 Å². The molecular formula is C4H2N4O2. The SMILES string of the molecule is c1noc(-c2conn2)n1. The molecule has 0 aliphatic carbocycles. The number of hydrogen-bond acceptors (Lipinski definition) is 6. The van der Waals surface area contributed by atoms with E-state index in [9.17, 15) is 0 Å². The molecule has 0 radical (unpaired) electrons. The van der Waals surface area contributed by atoms with Crippen LogP contribution in [0.2, 0.25) is 0 Å². The van der Waals surface area contributed by atoms with Gasteiger partial charge >= 0.3 is 0 Å². The first kappa shape index (κ1) is 5.10. The lowest BCUT2D eigenvalue weighted by molar-refractivity contribution is 0.392. The van der Waals surface area contributed by atoms with E-state index < -0.39 is 0 Å². The van der Waals surface area contributed by atoms with Crippen molar-refractivity contribution in [2.75, 3.05) is 0 Å². The fraction of sp³-hybridized carbons (Fsp3) is 0. The standard InChI is InChI=1S/C4H2N4O2/c1-3(7-8-9-1)4-5-2-6-10-4/h1-2H. The predicted octanol–water partition coefficient (Wildman–Crippen LogP) is 0.120. The van der Waals surface area contributed by atoms with Crippen molar-refractivity contribution in [3.63, 3.8) is 0 Å². The number of rotatable bonds is 1. The minimum Gasteiger partial charge on any atom is -0.345 e. The summed E-state index contributed by atoms with van der Waals surface area (Å²) in [6.45, 7) is 0. The molecule has 6 heteroatoms. The van der Waals surface area contributed by atoms with Gasteiger partial charge in [0.2, 0.25) is 0 Å². The molecule has 0 aliphatic heterocycles. The summed E-state index contributed by atoms with van der Waals surface area (Å²) in [6, 6.07) is 0. The maximum atomic E-state index is 4.65. The maximum absolute atomic E-state index is 4.65. The zero-order valence-corrected chi connectivity index (χ0v) is 4.76. The molecule has 0 aromatic carbocycles. The molecular weight excluding hydrogens is 136 g/mol. The van der Waals surface area contributed by atoms with Crippen LogP contribution >= 0.6 is 0 Å². The number of hydrogen-bond donors (Lipinski definition) is 0. The Morgan fingerprint density at radius 2 is 2.40 bits per heavy atom. The van der Waals surface area contributed by atoms with E-state index >= 15 is 0 Å². The van der Waals surface area contributed by atoms with E-state index in [2.05, 4.69) is 29.6 Å². The maximum Gasteiger partial charge on any atom is 0.281 e. The van der Waals surface area contributed by atoms with Gasteiger partial charge in [0.1, 0.15) is 0 Å². The normalized spacial score (nSPS) is 10.0. The van der Waals surface area contributed by atoms with E-state index in [4.69, 9.17) is 0 Å². The van der Waals surface area contributed by atoms with E-state index in [0.29, 0.717) is 11.6 Å². The van der Waals surface area contributed by atoms with Crippen LogP contribution in [-0.2, 0) is 0 Å². The summed E-state index contributed by atoms with van der Waals surface area (Å²) >= 11 is 0. The van der Waals surface area contributed by atoms with Crippen molar-refractivity contribution in [3.05, 3.63) is 12.6 Å². The molecule has 2 rings (SSSR count). The molecule has 0 atom stereocenters. The Bertz CT molecular complexity index is 255. The largest absolute Gasteiger partial charge is 0.345 e. The summed E-state index contributed by atoms with van der Waals surface area (Å²) < 4.78 is 9.10. The van der Waals surface area contributed by atoms with Gasteiger partial charge in [-0.15, -0.1) is 5.10 Å². The van der Waals surface area contributed by atoms with Gasteiger partial charge in [-0.1, -0.05) is 5.16 Å². The van der Waals surface area contributed by atoms with Crippen molar-refractivity contribution in [1.29, 1.82) is 0 Å². The summed E-state index contributed by atoms with van der Waals surface area (Å²) in [7, 11) is 0. The first-order chi connectivity index (χ1) is 4.97. The van der Waals surface area contributed by atoms with E-state index in [1.165, 1.54) is 12.6 Å². The van der Waals surface area contributed by atoms with Gasteiger partial charge in [0.05, 0.1) is 0 Å². The van der Waals surface area contributed by atoms with Crippen LogP contribution in [0.3, 0.4) is 0 Å². The minimum atomic E-state index is 0.307. The highest BCUT2D eigenvalue weighted by Gasteiger charge is 2.06. The monoisotopic (exact) mass is 138 g/mol. The minimum absolute atomic E-state index is 0.307. The Kier molecular flexibility index (Phi) is 0.970. The summed E-state index contributed by atoms with van der Waals surface area (Å²) in [6.07, 6.45) is 2.61. The van der Waals surface area contributed by atoms with E-state index in [1.54, 1.807) is 0 Å². The van der Waals surface area contributed by atoms with Gasteiger partial charge in [0.15, 0.2) is 18.3 Å². The first-order valence-electron chi connectivity index (χ1n) is 2.51. The summed E-state index contributed by atoms with van der Waals surface area (Å²) in [5.41, 5.74) is 0.442. The molecule has 0 bridgehead atoms. The van der Waals surface area contributed by atoms with Crippen LogP contribution in [0.15, 0.2) is 21.6 Å². The Balaban J connectivity index is 2.48. The highest BCUT2D eigenvalue weighted by molar-refractivity contribution is 5.41. The van der Waals surface area contributed by atoms with Crippen LogP contribution < -0.4 is 0 Å². The molecule has 0 saturated carbocycles. The summed E-state index contributed by atoms with van der Waals surface area (Å²) in [5.74, 6) is 0.307. The van der Waals surface area contributed by atoms with Crippen LogP contribution in [-0.4, -0.2) is 20.5 Å². The smallest absolute Gasteiger partial charge is 0.281 e. The van der Waals surface area contributed by atoms with Crippen LogP contribution in [0.1, 0.15) is 0 Å². The van der Waals surface area contributed by atoms with Crippen molar-refractivity contribution >= 4 is 0 Å². The molecule has 0 fully saturated rings. The Hall–Kier alpha value is -1.72. The molecule has 0 spiro atoms. The highest BCUT2D eigenvalue weighted by Crippen LogP contribution is 2.09. The average molecular weight is 138 g/mol. The van der Waals surface area contributed by atoms with Gasteiger partial charge < -0.3 is 9.05 Å². The fourth-order valence-corrected chi connectivity index (χ4v) is 0.544. The van der Waals surface area contributed by atoms with E-state index in [0.717, 1.165) is 0 Å². The lowest BCUT2D eigenvalue weighted by atomic mass is 10.5. The molecule has 2 aromatic heterocycles. The number of aromatic nitrogens is 4. The Morgan fingerprint density at radius 1 is 1.40 bits per heavy atom. The highest BCUT2D eigenvalue weighted by atomic mass is 16.5. The van der Waals surface area contributed by atoms with Crippen molar-refractivity contribution in [2.45, 2.75) is 0 Å². The van der Waals surface area contributed by atoms with E-state index in [-0.39, 0.29) is 0 Å². The van der Waals surface area contributed by atoms with Crippen LogP contribution in [0.5, 0.6) is 0 Å². The van der Waals surface area contributed by atoms with Gasteiger partial charge in [-0.05, 0) is 0 Å². The van der Waals surface area contributed by atoms with Crippen molar-refractivity contribution in [3.8, 4) is 11.6 Å². The first-order valence-corrected chi connectivity index (χ1v) is 2.51. The molecule has 0 amide bonds.